The van der Waals surface area contributed by atoms with Gasteiger partial charge in [-0.3, -0.25) is 14.9 Å². The number of hydrogen-bond donors (Lipinski definition) is 4. The summed E-state index contributed by atoms with van der Waals surface area (Å²) in [6, 6.07) is 11.8. The summed E-state index contributed by atoms with van der Waals surface area (Å²) in [5.74, 6) is -1.00. The molecule has 1 amide bonds. The van der Waals surface area contributed by atoms with E-state index in [1.54, 1.807) is 0 Å². The number of benzene rings is 2. The molecule has 0 unspecified atom stereocenters. The van der Waals surface area contributed by atoms with Crippen molar-refractivity contribution in [2.45, 2.75) is 18.7 Å². The topological polar surface area (TPSA) is 145 Å². The normalized spacial score (nSPS) is 12.3. The first-order chi connectivity index (χ1) is 16.4. The van der Waals surface area contributed by atoms with Crippen molar-refractivity contribution in [2.75, 3.05) is 50.2 Å². The zero-order chi connectivity index (χ0) is 26.6. The third-order valence-electron chi connectivity index (χ3n) is 4.53. The van der Waals surface area contributed by atoms with Crippen LogP contribution in [0.2, 0.25) is 0 Å². The summed E-state index contributed by atoms with van der Waals surface area (Å²) in [7, 11) is 1.23. The molecule has 0 saturated carbocycles. The molecule has 4 N–H and O–H groups in total. The van der Waals surface area contributed by atoms with Crippen LogP contribution in [0.25, 0.3) is 0 Å². The van der Waals surface area contributed by atoms with Crippen LogP contribution in [-0.4, -0.2) is 71.8 Å². The Bertz CT molecular complexity index is 958. The lowest BCUT2D eigenvalue weighted by Gasteiger charge is -2.22. The van der Waals surface area contributed by atoms with Gasteiger partial charge in [-0.1, -0.05) is 18.2 Å². The largest absolute Gasteiger partial charge is 0.423 e. The fourth-order valence-electron chi connectivity index (χ4n) is 2.86. The number of alkyl halides is 3. The quantitative estimate of drug-likeness (QED) is 0.266. The molecule has 0 aliphatic carbocycles. The molecule has 0 bridgehead atoms. The lowest BCUT2D eigenvalue weighted by atomic mass is 10.1. The Morgan fingerprint density at radius 2 is 1.67 bits per heavy atom. The highest BCUT2D eigenvalue weighted by Gasteiger charge is 2.39. The summed E-state index contributed by atoms with van der Waals surface area (Å²) in [4.78, 5) is 23.1. The van der Waals surface area contributed by atoms with Crippen molar-refractivity contribution in [1.29, 1.82) is 0 Å². The Balaban J connectivity index is 0.000000748. The van der Waals surface area contributed by atoms with E-state index >= 15 is 0 Å². The van der Waals surface area contributed by atoms with Crippen molar-refractivity contribution in [3.05, 3.63) is 64.2 Å². The van der Waals surface area contributed by atoms with Gasteiger partial charge >= 0.3 is 6.18 Å². The molecule has 0 aliphatic rings. The average molecular weight is 540 g/mol. The van der Waals surface area contributed by atoms with E-state index in [4.69, 9.17) is 10.2 Å². The van der Waals surface area contributed by atoms with Crippen LogP contribution < -0.4 is 10.2 Å². The lowest BCUT2D eigenvalue weighted by molar-refractivity contribution is -0.388. The molecular weight excluding hydrogens is 511 g/mol. The van der Waals surface area contributed by atoms with E-state index in [2.05, 4.69) is 10.1 Å². The van der Waals surface area contributed by atoms with E-state index in [1.807, 2.05) is 35.2 Å². The van der Waals surface area contributed by atoms with E-state index in [-0.39, 0.29) is 37.9 Å². The summed E-state index contributed by atoms with van der Waals surface area (Å²) < 4.78 is 43.0. The molecule has 0 fully saturated rings. The molecular formula is C22H29ClF3N3O7. The molecule has 0 aliphatic heterocycles. The molecule has 2 rings (SSSR count). The number of nitro benzene ring substituents is 1. The minimum atomic E-state index is -4.96. The summed E-state index contributed by atoms with van der Waals surface area (Å²) in [6.07, 6.45) is -4.96. The van der Waals surface area contributed by atoms with Gasteiger partial charge in [0.2, 0.25) is 0 Å². The molecule has 0 aromatic heterocycles. The minimum absolute atomic E-state index is 0. The number of methoxy groups -OCH3 is 1. The predicted octanol–water partition coefficient (Wildman–Crippen LogP) is 2.85. The fraction of sp³-hybridized carbons (Fsp3) is 0.409. The second-order valence-electron chi connectivity index (χ2n) is 7.42. The number of halogens is 4. The van der Waals surface area contributed by atoms with E-state index in [0.717, 1.165) is 18.7 Å². The first kappa shape index (κ1) is 33.0. The van der Waals surface area contributed by atoms with Crippen LogP contribution in [0.1, 0.15) is 12.5 Å². The van der Waals surface area contributed by atoms with Crippen LogP contribution in [-0.2, 0) is 15.7 Å². The van der Waals surface area contributed by atoms with Gasteiger partial charge in [0.05, 0.1) is 24.7 Å². The minimum Gasteiger partial charge on any atom is -0.395 e. The lowest BCUT2D eigenvalue weighted by Crippen LogP contribution is -2.43. The van der Waals surface area contributed by atoms with E-state index in [9.17, 15) is 33.2 Å². The van der Waals surface area contributed by atoms with Crippen molar-refractivity contribution in [2.24, 2.45) is 0 Å². The Morgan fingerprint density at radius 3 is 2.11 bits per heavy atom. The number of amides is 1. The highest BCUT2D eigenvalue weighted by molar-refractivity contribution is 5.97. The fourth-order valence-corrected chi connectivity index (χ4v) is 2.86. The summed E-state index contributed by atoms with van der Waals surface area (Å²) >= 11 is 0. The van der Waals surface area contributed by atoms with Crippen molar-refractivity contribution in [3.63, 3.8) is 0 Å². The van der Waals surface area contributed by atoms with Crippen LogP contribution in [0, 0.1) is 10.1 Å². The van der Waals surface area contributed by atoms with E-state index < -0.39 is 33.9 Å². The molecule has 0 radical (unpaired) electrons. The van der Waals surface area contributed by atoms with E-state index in [0.29, 0.717) is 25.2 Å². The highest BCUT2D eigenvalue weighted by atomic mass is 35.5. The van der Waals surface area contributed by atoms with Gasteiger partial charge in [0.1, 0.15) is 5.56 Å². The van der Waals surface area contributed by atoms with Gasteiger partial charge in [0.25, 0.3) is 11.6 Å². The Labute approximate surface area is 211 Å². The number of carbonyl (C=O) groups excluding carboxylic acids is 1. The number of ether oxygens (including phenoxy) is 1. The van der Waals surface area contributed by atoms with Gasteiger partial charge in [0.15, 0.2) is 5.60 Å². The maximum atomic E-state index is 12.8. The van der Waals surface area contributed by atoms with Crippen LogP contribution in [0.5, 0.6) is 0 Å². The zero-order valence-corrected chi connectivity index (χ0v) is 20.4. The summed E-state index contributed by atoms with van der Waals surface area (Å²) in [5, 5.41) is 40.0. The van der Waals surface area contributed by atoms with Gasteiger partial charge in [0, 0.05) is 37.6 Å². The number of nitro groups is 1. The predicted molar refractivity (Wildman–Crippen MR) is 129 cm³/mol. The SMILES string of the molecule is COC[C@](C)(O)C(=O)Nc1ccc([N+](=O)[O-])c(C(F)(F)F)c1.Cl.OCCN(CCO)c1ccccc1. The number of aliphatic hydroxyl groups excluding tert-OH is 2. The Morgan fingerprint density at radius 1 is 1.11 bits per heavy atom. The standard InChI is InChI=1S/C12H13F3N2O5.C10H15NO2.ClH/c1-11(19,6-22-2)10(18)16-7-3-4-9(17(20)21)8(5-7)12(13,14)15;12-8-6-11(7-9-13)10-4-2-1-3-5-10;/h3-5,19H,6H2,1-2H3,(H,16,18);1-5,12-13H,6-9H2;1H/t11-;;/m0../s1. The van der Waals surface area contributed by atoms with Crippen LogP contribution in [0.3, 0.4) is 0 Å². The second kappa shape index (κ2) is 15.2. The third kappa shape index (κ3) is 10.3. The van der Waals surface area contributed by atoms with Gasteiger partial charge in [-0.15, -0.1) is 12.4 Å². The maximum Gasteiger partial charge on any atom is 0.423 e. The molecule has 36 heavy (non-hydrogen) atoms. The number of nitrogens with one attached hydrogen (secondary N) is 1. The second-order valence-corrected chi connectivity index (χ2v) is 7.42. The van der Waals surface area contributed by atoms with Gasteiger partial charge < -0.3 is 30.3 Å². The number of hydrogen-bond acceptors (Lipinski definition) is 8. The third-order valence-corrected chi connectivity index (χ3v) is 4.53. The molecule has 0 spiro atoms. The zero-order valence-electron chi connectivity index (χ0n) is 19.6. The number of carbonyl (C=O) groups is 1. The smallest absolute Gasteiger partial charge is 0.395 e. The first-order valence-electron chi connectivity index (χ1n) is 10.3. The molecule has 1 atom stereocenters. The number of anilines is 2. The van der Waals surface area contributed by atoms with Crippen molar-refractivity contribution < 1.29 is 42.9 Å². The number of rotatable bonds is 10. The van der Waals surface area contributed by atoms with Crippen molar-refractivity contribution in [3.8, 4) is 0 Å². The molecule has 14 heteroatoms. The molecule has 2 aromatic rings. The van der Waals surface area contributed by atoms with E-state index in [1.165, 1.54) is 7.11 Å². The summed E-state index contributed by atoms with van der Waals surface area (Å²) in [6.45, 7) is 2.07. The Hall–Kier alpha value is -2.97. The van der Waals surface area contributed by atoms with Gasteiger partial charge in [-0.2, -0.15) is 13.2 Å². The van der Waals surface area contributed by atoms with Gasteiger partial charge in [-0.25, -0.2) is 0 Å². The molecule has 10 nitrogen and oxygen atoms in total. The van der Waals surface area contributed by atoms with Crippen molar-refractivity contribution >= 4 is 35.4 Å². The molecule has 202 valence electrons. The Kier molecular flexibility index (Phi) is 14.0. The summed E-state index contributed by atoms with van der Waals surface area (Å²) in [5.41, 5.74) is -3.89. The molecule has 0 saturated heterocycles. The molecule has 0 heterocycles. The highest BCUT2D eigenvalue weighted by Crippen LogP contribution is 2.37. The number of aliphatic hydroxyl groups is 3. The van der Waals surface area contributed by atoms with Gasteiger partial charge in [-0.05, 0) is 31.2 Å². The number of nitrogens with zero attached hydrogens (tertiary/aromatic N) is 2. The molecule has 2 aromatic carbocycles. The van der Waals surface area contributed by atoms with Crippen LogP contribution >= 0.6 is 12.4 Å². The maximum absolute atomic E-state index is 12.8. The average Bonchev–Trinajstić information content (AvgIpc) is 2.79. The monoisotopic (exact) mass is 539 g/mol. The number of para-hydroxylation sites is 1. The van der Waals surface area contributed by atoms with Crippen LogP contribution in [0.15, 0.2) is 48.5 Å². The van der Waals surface area contributed by atoms with Crippen molar-refractivity contribution in [1.82, 2.24) is 0 Å². The first-order valence-corrected chi connectivity index (χ1v) is 10.3. The van der Waals surface area contributed by atoms with Crippen LogP contribution in [0.4, 0.5) is 30.2 Å².